The summed E-state index contributed by atoms with van der Waals surface area (Å²) in [4.78, 5) is 18.9. The number of benzene rings is 1. The largest absolute Gasteiger partial charge is 0.461 e. The Kier molecular flexibility index (Phi) is 5.43. The van der Waals surface area contributed by atoms with E-state index < -0.39 is 0 Å². The Hall–Kier alpha value is -3.40. The van der Waals surface area contributed by atoms with Crippen molar-refractivity contribution in [3.05, 3.63) is 53.3 Å². The lowest BCUT2D eigenvalue weighted by atomic mass is 10.2. The van der Waals surface area contributed by atoms with Crippen molar-refractivity contribution in [3.63, 3.8) is 0 Å². The SMILES string of the molecule is Cc1nc(-c2cnn(C)c2)sc1C(=O)OCCCn1nnc(-c2ccccc2)n1. The van der Waals surface area contributed by atoms with Crippen molar-refractivity contribution in [1.82, 2.24) is 35.0 Å². The Balaban J connectivity index is 1.30. The van der Waals surface area contributed by atoms with Crippen molar-refractivity contribution >= 4 is 17.3 Å². The predicted octanol–water partition coefficient (Wildman–Crippen LogP) is 2.75. The van der Waals surface area contributed by atoms with E-state index in [9.17, 15) is 4.79 Å². The summed E-state index contributed by atoms with van der Waals surface area (Å²) in [6.45, 7) is 2.58. The number of carbonyl (C=O) groups is 1. The molecular weight excluding hydrogens is 390 g/mol. The van der Waals surface area contributed by atoms with Gasteiger partial charge < -0.3 is 4.74 Å². The topological polar surface area (TPSA) is 101 Å². The van der Waals surface area contributed by atoms with Gasteiger partial charge in [0.05, 0.1) is 25.0 Å². The van der Waals surface area contributed by atoms with Gasteiger partial charge in [0, 0.05) is 30.8 Å². The zero-order valence-corrected chi connectivity index (χ0v) is 16.8. The number of rotatable bonds is 7. The number of hydrogen-bond donors (Lipinski definition) is 0. The fraction of sp³-hybridized carbons (Fsp3) is 0.263. The molecule has 0 aliphatic carbocycles. The second-order valence-electron chi connectivity index (χ2n) is 6.40. The number of aryl methyl sites for hydroxylation is 3. The molecule has 3 aromatic heterocycles. The molecule has 9 nitrogen and oxygen atoms in total. The minimum atomic E-state index is -0.369. The van der Waals surface area contributed by atoms with E-state index in [1.54, 1.807) is 17.8 Å². The summed E-state index contributed by atoms with van der Waals surface area (Å²) in [6, 6.07) is 9.65. The van der Waals surface area contributed by atoms with Gasteiger partial charge in [0.2, 0.25) is 5.82 Å². The normalized spacial score (nSPS) is 11.0. The van der Waals surface area contributed by atoms with E-state index in [1.807, 2.05) is 43.6 Å². The first-order valence-electron chi connectivity index (χ1n) is 9.07. The first-order chi connectivity index (χ1) is 14.1. The third kappa shape index (κ3) is 4.37. The summed E-state index contributed by atoms with van der Waals surface area (Å²) in [5, 5.41) is 17.3. The first-order valence-corrected chi connectivity index (χ1v) is 9.88. The molecule has 0 N–H and O–H groups in total. The minimum absolute atomic E-state index is 0.264. The summed E-state index contributed by atoms with van der Waals surface area (Å²) in [5.74, 6) is 0.206. The second kappa shape index (κ2) is 8.31. The number of nitrogens with zero attached hydrogens (tertiary/aromatic N) is 7. The molecule has 0 radical (unpaired) electrons. The van der Waals surface area contributed by atoms with E-state index in [1.165, 1.54) is 16.1 Å². The smallest absolute Gasteiger partial charge is 0.350 e. The number of thiazole rings is 1. The average Bonchev–Trinajstić information content (AvgIpc) is 3.46. The van der Waals surface area contributed by atoms with Gasteiger partial charge in [0.15, 0.2) is 0 Å². The highest BCUT2D eigenvalue weighted by Crippen LogP contribution is 2.28. The van der Waals surface area contributed by atoms with Gasteiger partial charge in [-0.15, -0.1) is 21.5 Å². The third-order valence-corrected chi connectivity index (χ3v) is 5.34. The van der Waals surface area contributed by atoms with Crippen molar-refractivity contribution in [3.8, 4) is 22.0 Å². The average molecular weight is 409 g/mol. The molecule has 0 fully saturated rings. The Labute approximate surface area is 171 Å². The van der Waals surface area contributed by atoms with E-state index in [4.69, 9.17) is 4.74 Å². The fourth-order valence-electron chi connectivity index (χ4n) is 2.72. The van der Waals surface area contributed by atoms with Gasteiger partial charge in [0.25, 0.3) is 0 Å². The van der Waals surface area contributed by atoms with Gasteiger partial charge in [-0.05, 0) is 12.1 Å². The van der Waals surface area contributed by atoms with Crippen LogP contribution in [-0.2, 0) is 18.3 Å². The lowest BCUT2D eigenvalue weighted by Crippen LogP contribution is -2.10. The summed E-state index contributed by atoms with van der Waals surface area (Å²) < 4.78 is 7.10. The Morgan fingerprint density at radius 2 is 2.03 bits per heavy atom. The minimum Gasteiger partial charge on any atom is -0.461 e. The van der Waals surface area contributed by atoms with Crippen LogP contribution in [-0.4, -0.2) is 47.5 Å². The molecule has 29 heavy (non-hydrogen) atoms. The van der Waals surface area contributed by atoms with Crippen LogP contribution in [0, 0.1) is 6.92 Å². The maximum absolute atomic E-state index is 12.4. The van der Waals surface area contributed by atoms with Crippen LogP contribution in [0.4, 0.5) is 0 Å². The van der Waals surface area contributed by atoms with Crippen molar-refractivity contribution < 1.29 is 9.53 Å². The van der Waals surface area contributed by atoms with Gasteiger partial charge in [-0.3, -0.25) is 4.68 Å². The molecule has 3 heterocycles. The van der Waals surface area contributed by atoms with Crippen molar-refractivity contribution in [2.75, 3.05) is 6.61 Å². The summed E-state index contributed by atoms with van der Waals surface area (Å²) in [7, 11) is 1.84. The maximum Gasteiger partial charge on any atom is 0.350 e. The van der Waals surface area contributed by atoms with E-state index in [-0.39, 0.29) is 12.6 Å². The van der Waals surface area contributed by atoms with Crippen LogP contribution in [0.2, 0.25) is 0 Å². The van der Waals surface area contributed by atoms with E-state index in [0.717, 1.165) is 16.1 Å². The van der Waals surface area contributed by atoms with E-state index in [0.29, 0.717) is 29.4 Å². The first kappa shape index (κ1) is 18.9. The lowest BCUT2D eigenvalue weighted by Gasteiger charge is -2.03. The molecule has 0 aliphatic heterocycles. The monoisotopic (exact) mass is 409 g/mol. The molecule has 0 aliphatic rings. The van der Waals surface area contributed by atoms with Crippen LogP contribution in [0.1, 0.15) is 21.8 Å². The molecular formula is C19H19N7O2S. The molecule has 4 aromatic rings. The van der Waals surface area contributed by atoms with Crippen LogP contribution in [0.15, 0.2) is 42.7 Å². The van der Waals surface area contributed by atoms with Gasteiger partial charge in [-0.25, -0.2) is 9.78 Å². The lowest BCUT2D eigenvalue weighted by molar-refractivity contribution is 0.0498. The zero-order chi connectivity index (χ0) is 20.2. The molecule has 4 rings (SSSR count). The van der Waals surface area contributed by atoms with Crippen molar-refractivity contribution in [1.29, 1.82) is 0 Å². The molecule has 0 saturated heterocycles. The molecule has 10 heteroatoms. The summed E-state index contributed by atoms with van der Waals surface area (Å²) in [5.41, 5.74) is 2.45. The molecule has 0 bridgehead atoms. The number of carbonyl (C=O) groups excluding carboxylic acids is 1. The zero-order valence-electron chi connectivity index (χ0n) is 16.0. The molecule has 0 amide bonds. The number of tetrazole rings is 1. The number of ether oxygens (including phenoxy) is 1. The van der Waals surface area contributed by atoms with E-state index in [2.05, 4.69) is 25.5 Å². The Bertz CT molecular complexity index is 1120. The molecule has 0 spiro atoms. The van der Waals surface area contributed by atoms with Crippen LogP contribution in [0.5, 0.6) is 0 Å². The molecule has 0 unspecified atom stereocenters. The van der Waals surface area contributed by atoms with Gasteiger partial charge in [-0.1, -0.05) is 30.3 Å². The van der Waals surface area contributed by atoms with Crippen molar-refractivity contribution in [2.24, 2.45) is 7.05 Å². The predicted molar refractivity (Wildman–Crippen MR) is 107 cm³/mol. The molecule has 0 atom stereocenters. The number of esters is 1. The highest BCUT2D eigenvalue weighted by Gasteiger charge is 2.18. The summed E-state index contributed by atoms with van der Waals surface area (Å²) in [6.07, 6.45) is 4.17. The standard InChI is InChI=1S/C19H19N7O2S/c1-13-16(29-18(21-13)15-11-20-25(2)12-15)19(27)28-10-6-9-26-23-17(22-24-26)14-7-4-3-5-8-14/h3-5,7-8,11-12H,6,9-10H2,1-2H3. The highest BCUT2D eigenvalue weighted by molar-refractivity contribution is 7.17. The Morgan fingerprint density at radius 1 is 1.21 bits per heavy atom. The maximum atomic E-state index is 12.4. The van der Waals surface area contributed by atoms with E-state index >= 15 is 0 Å². The van der Waals surface area contributed by atoms with Crippen molar-refractivity contribution in [2.45, 2.75) is 19.9 Å². The van der Waals surface area contributed by atoms with Crippen LogP contribution in [0.25, 0.3) is 22.0 Å². The Morgan fingerprint density at radius 3 is 2.79 bits per heavy atom. The molecule has 0 saturated carbocycles. The van der Waals surface area contributed by atoms with Crippen LogP contribution >= 0.6 is 11.3 Å². The highest BCUT2D eigenvalue weighted by atomic mass is 32.1. The quantitative estimate of drug-likeness (QED) is 0.342. The summed E-state index contributed by atoms with van der Waals surface area (Å²) >= 11 is 1.31. The van der Waals surface area contributed by atoms with Crippen LogP contribution in [0.3, 0.4) is 0 Å². The molecule has 148 valence electrons. The van der Waals surface area contributed by atoms with Gasteiger partial charge in [-0.2, -0.15) is 9.90 Å². The number of aromatic nitrogens is 7. The fourth-order valence-corrected chi connectivity index (χ4v) is 3.65. The van der Waals surface area contributed by atoms with Crippen LogP contribution < -0.4 is 0 Å². The second-order valence-corrected chi connectivity index (χ2v) is 7.40. The van der Waals surface area contributed by atoms with Gasteiger partial charge in [0.1, 0.15) is 9.88 Å². The van der Waals surface area contributed by atoms with Gasteiger partial charge >= 0.3 is 5.97 Å². The number of hydrogen-bond acceptors (Lipinski definition) is 8. The third-order valence-electron chi connectivity index (χ3n) is 4.15. The molecule has 1 aromatic carbocycles.